The molecule has 1 aliphatic carbocycles. The fourth-order valence-electron chi connectivity index (χ4n) is 4.32. The third kappa shape index (κ3) is 4.98. The van der Waals surface area contributed by atoms with Crippen LogP contribution in [0.1, 0.15) is 23.6 Å². The van der Waals surface area contributed by atoms with Crippen LogP contribution in [0.3, 0.4) is 0 Å². The van der Waals surface area contributed by atoms with E-state index in [1.807, 2.05) is 44.0 Å². The highest BCUT2D eigenvalue weighted by molar-refractivity contribution is 6.10. The second-order valence-electron chi connectivity index (χ2n) is 8.73. The number of aromatic nitrogens is 2. The number of nitrogens with two attached hydrogens (primary N) is 1. The summed E-state index contributed by atoms with van der Waals surface area (Å²) in [6, 6.07) is 10.7. The number of nitrogens with one attached hydrogen (secondary N) is 1. The summed E-state index contributed by atoms with van der Waals surface area (Å²) >= 11 is 0. The minimum absolute atomic E-state index is 0.0867. The molecule has 0 unspecified atom stereocenters. The van der Waals surface area contributed by atoms with Gasteiger partial charge in [0.1, 0.15) is 5.65 Å². The van der Waals surface area contributed by atoms with E-state index >= 15 is 0 Å². The number of likely N-dealkylation sites (N-methyl/N-ethyl adjacent to an activating group) is 1. The molecule has 0 bridgehead atoms. The third-order valence-corrected chi connectivity index (χ3v) is 6.07. The number of rotatable bonds is 8. The van der Waals surface area contributed by atoms with Crippen LogP contribution in [0.4, 0.5) is 5.69 Å². The summed E-state index contributed by atoms with van der Waals surface area (Å²) in [7, 11) is 4.00. The third-order valence-electron chi connectivity index (χ3n) is 6.07. The Morgan fingerprint density at radius 3 is 2.67 bits per heavy atom. The number of pyridine rings is 2. The predicted octanol–water partition coefficient (Wildman–Crippen LogP) is 2.93. The number of hydrogen-bond acceptors (Lipinski definition) is 6. The lowest BCUT2D eigenvalue weighted by Crippen LogP contribution is -2.21. The Labute approximate surface area is 194 Å². The molecule has 3 N–H and O–H groups in total. The molecule has 1 aliphatic rings. The van der Waals surface area contributed by atoms with Crippen molar-refractivity contribution in [2.45, 2.75) is 32.4 Å². The Bertz CT molecular complexity index is 1230. The van der Waals surface area contributed by atoms with Crippen molar-refractivity contribution < 1.29 is 0 Å². The Morgan fingerprint density at radius 2 is 2.03 bits per heavy atom. The van der Waals surface area contributed by atoms with Crippen LogP contribution >= 0.6 is 0 Å². The van der Waals surface area contributed by atoms with E-state index in [0.717, 1.165) is 25.1 Å². The maximum atomic E-state index is 13.5. The molecule has 33 heavy (non-hydrogen) atoms. The molecule has 0 saturated carbocycles. The first-order valence-corrected chi connectivity index (χ1v) is 11.4. The van der Waals surface area contributed by atoms with Gasteiger partial charge in [0, 0.05) is 48.9 Å². The topological polar surface area (TPSA) is 88.5 Å². The quantitative estimate of drug-likeness (QED) is 0.522. The van der Waals surface area contributed by atoms with Crippen LogP contribution in [0.2, 0.25) is 0 Å². The van der Waals surface area contributed by atoms with Crippen molar-refractivity contribution in [3.05, 3.63) is 75.8 Å². The van der Waals surface area contributed by atoms with Crippen LogP contribution in [-0.2, 0) is 19.4 Å². The van der Waals surface area contributed by atoms with Crippen molar-refractivity contribution in [2.75, 3.05) is 32.5 Å². The second kappa shape index (κ2) is 10.0. The number of nitrogens with zero attached hydrogens (tertiary/aromatic N) is 4. The summed E-state index contributed by atoms with van der Waals surface area (Å²) in [6.45, 7) is 4.19. The van der Waals surface area contributed by atoms with Crippen molar-refractivity contribution in [3.8, 4) is 0 Å². The van der Waals surface area contributed by atoms with Crippen LogP contribution in [0, 0.1) is 0 Å². The van der Waals surface area contributed by atoms with Crippen molar-refractivity contribution in [2.24, 2.45) is 10.7 Å². The molecular formula is C26H32N6O. The largest absolute Gasteiger partial charge is 0.404 e. The second-order valence-corrected chi connectivity index (χ2v) is 8.73. The Kier molecular flexibility index (Phi) is 6.89. The molecule has 0 atom stereocenters. The van der Waals surface area contributed by atoms with E-state index in [-0.39, 0.29) is 5.43 Å². The standard InChI is InChI=1S/C26H32N6O/c1-4-32-17-24(20(14-27)15-28-9-10-31(2)3)25(33)23-13-22(16-29-26(23)32)30-21-11-18-7-5-6-8-19(18)12-21/h5-8,13-17,21,30H,4,9-12,27H2,1-3H3. The monoisotopic (exact) mass is 444 g/mol. The Morgan fingerprint density at radius 1 is 1.30 bits per heavy atom. The number of aliphatic imine (C=N–C) groups is 1. The lowest BCUT2D eigenvalue weighted by Gasteiger charge is -2.16. The molecule has 3 aromatic rings. The van der Waals surface area contributed by atoms with Gasteiger partial charge in [-0.1, -0.05) is 24.3 Å². The first kappa shape index (κ1) is 22.7. The molecule has 0 saturated heterocycles. The van der Waals surface area contributed by atoms with E-state index < -0.39 is 0 Å². The van der Waals surface area contributed by atoms with Gasteiger partial charge >= 0.3 is 0 Å². The SMILES string of the molecule is CCn1cc(C(C=NCCN(C)C)=CN)c(=O)c2cc(NC3Cc4ccccc4C3)cnc21. The highest BCUT2D eigenvalue weighted by Gasteiger charge is 2.21. The fraction of sp³-hybridized carbons (Fsp3) is 0.346. The smallest absolute Gasteiger partial charge is 0.199 e. The van der Waals surface area contributed by atoms with Crippen LogP contribution in [0.15, 0.2) is 58.7 Å². The zero-order valence-electron chi connectivity index (χ0n) is 19.6. The minimum atomic E-state index is -0.0867. The van der Waals surface area contributed by atoms with E-state index in [2.05, 4.69) is 44.5 Å². The van der Waals surface area contributed by atoms with Crippen LogP contribution < -0.4 is 16.5 Å². The molecule has 2 heterocycles. The van der Waals surface area contributed by atoms with Gasteiger partial charge in [-0.25, -0.2) is 4.98 Å². The number of anilines is 1. The van der Waals surface area contributed by atoms with Gasteiger partial charge in [0.2, 0.25) is 0 Å². The van der Waals surface area contributed by atoms with Gasteiger partial charge < -0.3 is 20.5 Å². The molecular weight excluding hydrogens is 412 g/mol. The summed E-state index contributed by atoms with van der Waals surface area (Å²) in [6.07, 6.45) is 8.73. The molecule has 0 aliphatic heterocycles. The Hall–Kier alpha value is -3.45. The van der Waals surface area contributed by atoms with E-state index in [1.165, 1.54) is 17.3 Å². The predicted molar refractivity (Wildman–Crippen MR) is 137 cm³/mol. The van der Waals surface area contributed by atoms with Gasteiger partial charge in [-0.2, -0.15) is 0 Å². The maximum absolute atomic E-state index is 13.5. The summed E-state index contributed by atoms with van der Waals surface area (Å²) in [5.74, 6) is 0. The number of fused-ring (bicyclic) bond motifs is 2. The average molecular weight is 445 g/mol. The molecule has 7 heteroatoms. The van der Waals surface area contributed by atoms with Gasteiger partial charge in [-0.05, 0) is 51.1 Å². The fourth-order valence-corrected chi connectivity index (χ4v) is 4.32. The van der Waals surface area contributed by atoms with Crippen LogP contribution in [0.5, 0.6) is 0 Å². The van der Waals surface area contributed by atoms with Crippen molar-refractivity contribution in [3.63, 3.8) is 0 Å². The average Bonchev–Trinajstić information content (AvgIpc) is 3.22. The van der Waals surface area contributed by atoms with Gasteiger partial charge in [0.25, 0.3) is 0 Å². The van der Waals surface area contributed by atoms with Crippen molar-refractivity contribution >= 4 is 28.5 Å². The zero-order chi connectivity index (χ0) is 23.4. The number of aryl methyl sites for hydroxylation is 1. The van der Waals surface area contributed by atoms with Gasteiger partial charge in [-0.3, -0.25) is 9.79 Å². The van der Waals surface area contributed by atoms with E-state index in [0.29, 0.717) is 41.3 Å². The summed E-state index contributed by atoms with van der Waals surface area (Å²) in [5, 5.41) is 4.16. The molecule has 1 aromatic carbocycles. The molecule has 2 aromatic heterocycles. The Balaban J connectivity index is 1.64. The summed E-state index contributed by atoms with van der Waals surface area (Å²) in [5.41, 5.74) is 11.2. The molecule has 0 spiro atoms. The van der Waals surface area contributed by atoms with E-state index in [1.54, 1.807) is 6.21 Å². The molecule has 0 radical (unpaired) electrons. The number of benzene rings is 1. The molecule has 172 valence electrons. The van der Waals surface area contributed by atoms with Crippen molar-refractivity contribution in [1.29, 1.82) is 0 Å². The normalized spacial score (nSPS) is 14.5. The lowest BCUT2D eigenvalue weighted by atomic mass is 10.1. The first-order chi connectivity index (χ1) is 16.0. The zero-order valence-corrected chi connectivity index (χ0v) is 19.6. The van der Waals surface area contributed by atoms with Gasteiger partial charge in [0.05, 0.1) is 23.8 Å². The number of hydrogen-bond donors (Lipinski definition) is 2. The highest BCUT2D eigenvalue weighted by atomic mass is 16.1. The maximum Gasteiger partial charge on any atom is 0.199 e. The first-order valence-electron chi connectivity index (χ1n) is 11.4. The van der Waals surface area contributed by atoms with Crippen LogP contribution in [-0.4, -0.2) is 53.9 Å². The molecule has 7 nitrogen and oxygen atoms in total. The van der Waals surface area contributed by atoms with Gasteiger partial charge in [0.15, 0.2) is 5.43 Å². The lowest BCUT2D eigenvalue weighted by molar-refractivity contribution is 0.421. The minimum Gasteiger partial charge on any atom is -0.404 e. The van der Waals surface area contributed by atoms with Crippen LogP contribution in [0.25, 0.3) is 16.6 Å². The number of allylic oxidation sites excluding steroid dienone is 1. The molecule has 0 fully saturated rings. The highest BCUT2D eigenvalue weighted by Crippen LogP contribution is 2.25. The van der Waals surface area contributed by atoms with Gasteiger partial charge in [-0.15, -0.1) is 0 Å². The van der Waals surface area contributed by atoms with E-state index in [4.69, 9.17) is 5.73 Å². The van der Waals surface area contributed by atoms with Crippen molar-refractivity contribution in [1.82, 2.24) is 14.5 Å². The summed E-state index contributed by atoms with van der Waals surface area (Å²) in [4.78, 5) is 24.6. The molecule has 4 rings (SSSR count). The molecule has 0 amide bonds. The van der Waals surface area contributed by atoms with E-state index in [9.17, 15) is 4.79 Å². The summed E-state index contributed by atoms with van der Waals surface area (Å²) < 4.78 is 1.98.